The molecule has 0 spiro atoms. The average molecular weight is 333 g/mol. The Labute approximate surface area is 144 Å². The number of carbonyl (C=O) groups is 1. The van der Waals surface area contributed by atoms with Gasteiger partial charge >= 0.3 is 0 Å². The molecule has 5 heteroatoms. The summed E-state index contributed by atoms with van der Waals surface area (Å²) < 4.78 is 14.1. The molecular formula is C20H16FN3O. The van der Waals surface area contributed by atoms with Gasteiger partial charge in [-0.25, -0.2) is 4.39 Å². The van der Waals surface area contributed by atoms with Crippen molar-refractivity contribution in [3.05, 3.63) is 89.5 Å². The van der Waals surface area contributed by atoms with E-state index in [9.17, 15) is 9.18 Å². The zero-order valence-corrected chi connectivity index (χ0v) is 13.6. The molecule has 124 valence electrons. The molecule has 25 heavy (non-hydrogen) atoms. The molecule has 4 nitrogen and oxygen atoms in total. The highest BCUT2D eigenvalue weighted by molar-refractivity contribution is 6.11. The molecule has 0 aliphatic carbocycles. The van der Waals surface area contributed by atoms with Gasteiger partial charge in [0.15, 0.2) is 6.17 Å². The van der Waals surface area contributed by atoms with Gasteiger partial charge in [-0.1, -0.05) is 29.8 Å². The first-order valence-electron chi connectivity index (χ1n) is 8.01. The predicted octanol–water partition coefficient (Wildman–Crippen LogP) is 4.30. The fourth-order valence-corrected chi connectivity index (χ4v) is 3.02. The Balaban J connectivity index is 1.80. The van der Waals surface area contributed by atoms with Crippen molar-refractivity contribution in [3.8, 4) is 0 Å². The summed E-state index contributed by atoms with van der Waals surface area (Å²) in [5, 5.41) is 3.13. The Morgan fingerprint density at radius 2 is 1.80 bits per heavy atom. The fraction of sp³-hybridized carbons (Fsp3) is 0.100. The van der Waals surface area contributed by atoms with Gasteiger partial charge in [-0.15, -0.1) is 0 Å². The molecule has 0 bridgehead atoms. The molecule has 1 atom stereocenters. The van der Waals surface area contributed by atoms with Crippen LogP contribution in [0.4, 0.5) is 15.8 Å². The Bertz CT molecular complexity index is 940. The van der Waals surface area contributed by atoms with Crippen molar-refractivity contribution in [1.29, 1.82) is 0 Å². The number of rotatable bonds is 3. The summed E-state index contributed by atoms with van der Waals surface area (Å²) in [5.41, 5.74) is 3.29. The van der Waals surface area contributed by atoms with Gasteiger partial charge in [0.25, 0.3) is 5.91 Å². The lowest BCUT2D eigenvalue weighted by molar-refractivity contribution is 0.0993. The van der Waals surface area contributed by atoms with Gasteiger partial charge in [-0.2, -0.15) is 0 Å². The third-order valence-corrected chi connectivity index (χ3v) is 4.28. The highest BCUT2D eigenvalue weighted by atomic mass is 19.1. The number of aromatic nitrogens is 1. The lowest BCUT2D eigenvalue weighted by Gasteiger charge is -2.26. The molecule has 0 fully saturated rings. The van der Waals surface area contributed by atoms with Crippen LogP contribution in [-0.2, 0) is 0 Å². The molecule has 4 rings (SSSR count). The van der Waals surface area contributed by atoms with Gasteiger partial charge in [-0.05, 0) is 43.3 Å². The number of hydrogen-bond donors (Lipinski definition) is 1. The molecular weight excluding hydrogens is 317 g/mol. The molecule has 1 aliphatic rings. The van der Waals surface area contributed by atoms with Gasteiger partial charge in [-0.3, -0.25) is 14.7 Å². The van der Waals surface area contributed by atoms with E-state index in [2.05, 4.69) is 10.3 Å². The van der Waals surface area contributed by atoms with Crippen LogP contribution in [0, 0.1) is 12.7 Å². The molecule has 0 saturated carbocycles. The highest BCUT2D eigenvalue weighted by Crippen LogP contribution is 2.37. The molecule has 2 aromatic carbocycles. The Kier molecular flexibility index (Phi) is 3.69. The number of nitrogens with zero attached hydrogens (tertiary/aromatic N) is 2. The maximum atomic E-state index is 14.1. The quantitative estimate of drug-likeness (QED) is 0.777. The van der Waals surface area contributed by atoms with E-state index >= 15 is 0 Å². The second kappa shape index (κ2) is 6.02. The van der Waals surface area contributed by atoms with Crippen LogP contribution in [0.15, 0.2) is 66.9 Å². The minimum atomic E-state index is -0.566. The van der Waals surface area contributed by atoms with Crippen molar-refractivity contribution in [1.82, 2.24) is 4.98 Å². The van der Waals surface area contributed by atoms with Crippen LogP contribution >= 0.6 is 0 Å². The second-order valence-corrected chi connectivity index (χ2v) is 5.97. The average Bonchev–Trinajstić information content (AvgIpc) is 2.90. The smallest absolute Gasteiger partial charge is 0.262 e. The summed E-state index contributed by atoms with van der Waals surface area (Å²) in [7, 11) is 0. The first-order chi connectivity index (χ1) is 12.1. The van der Waals surface area contributed by atoms with Gasteiger partial charge < -0.3 is 5.32 Å². The standard InChI is InChI=1S/C20H16FN3O/c1-13-8-10-14(11-9-13)24-19(23-17-7-3-2-6-16(17)21)18-15(20(24)25)5-4-12-22-18/h2-12,19,23H,1H3. The Morgan fingerprint density at radius 3 is 2.56 bits per heavy atom. The number of aryl methyl sites for hydroxylation is 1. The van der Waals surface area contributed by atoms with Crippen molar-refractivity contribution in [2.45, 2.75) is 13.1 Å². The highest BCUT2D eigenvalue weighted by Gasteiger charge is 2.39. The number of benzene rings is 2. The van der Waals surface area contributed by atoms with Crippen molar-refractivity contribution in [2.24, 2.45) is 0 Å². The van der Waals surface area contributed by atoms with Crippen LogP contribution in [0.25, 0.3) is 0 Å². The SMILES string of the molecule is Cc1ccc(N2C(=O)c3cccnc3C2Nc2ccccc2F)cc1. The zero-order chi connectivity index (χ0) is 17.4. The van der Waals surface area contributed by atoms with E-state index in [-0.39, 0.29) is 11.7 Å². The van der Waals surface area contributed by atoms with Crippen LogP contribution < -0.4 is 10.2 Å². The monoisotopic (exact) mass is 333 g/mol. The summed E-state index contributed by atoms with van der Waals surface area (Å²) >= 11 is 0. The minimum absolute atomic E-state index is 0.152. The molecule has 1 N–H and O–H groups in total. The van der Waals surface area contributed by atoms with Gasteiger partial charge in [0.2, 0.25) is 0 Å². The first-order valence-corrected chi connectivity index (χ1v) is 8.01. The van der Waals surface area contributed by atoms with Crippen LogP contribution in [0.5, 0.6) is 0 Å². The topological polar surface area (TPSA) is 45.2 Å². The number of fused-ring (bicyclic) bond motifs is 1. The minimum Gasteiger partial charge on any atom is -0.357 e. The Hall–Kier alpha value is -3.21. The number of para-hydroxylation sites is 1. The van der Waals surface area contributed by atoms with Crippen LogP contribution in [-0.4, -0.2) is 10.9 Å². The molecule has 1 unspecified atom stereocenters. The third-order valence-electron chi connectivity index (χ3n) is 4.28. The number of amides is 1. The van der Waals surface area contributed by atoms with E-state index < -0.39 is 6.17 Å². The van der Waals surface area contributed by atoms with Gasteiger partial charge in [0.1, 0.15) is 5.82 Å². The van der Waals surface area contributed by atoms with Gasteiger partial charge in [0.05, 0.1) is 16.9 Å². The van der Waals surface area contributed by atoms with E-state index in [0.717, 1.165) is 11.3 Å². The third kappa shape index (κ3) is 2.63. The molecule has 0 radical (unpaired) electrons. The van der Waals surface area contributed by atoms with E-state index in [1.165, 1.54) is 6.07 Å². The van der Waals surface area contributed by atoms with Crippen molar-refractivity contribution < 1.29 is 9.18 Å². The summed E-state index contributed by atoms with van der Waals surface area (Å²) in [6.45, 7) is 1.99. The maximum absolute atomic E-state index is 14.1. The van der Waals surface area contributed by atoms with E-state index in [1.54, 1.807) is 41.4 Å². The largest absolute Gasteiger partial charge is 0.357 e. The predicted molar refractivity (Wildman–Crippen MR) is 95.0 cm³/mol. The maximum Gasteiger partial charge on any atom is 0.262 e. The van der Waals surface area contributed by atoms with Crippen LogP contribution in [0.3, 0.4) is 0 Å². The van der Waals surface area contributed by atoms with Crippen LogP contribution in [0.1, 0.15) is 27.8 Å². The summed E-state index contributed by atoms with van der Waals surface area (Å²) in [5.74, 6) is -0.524. The molecule has 3 aromatic rings. The van der Waals surface area contributed by atoms with Gasteiger partial charge in [0, 0.05) is 11.9 Å². The molecule has 1 aromatic heterocycles. The van der Waals surface area contributed by atoms with Crippen LogP contribution in [0.2, 0.25) is 0 Å². The number of anilines is 2. The summed E-state index contributed by atoms with van der Waals surface area (Å²) in [4.78, 5) is 18.9. The lowest BCUT2D eigenvalue weighted by atomic mass is 10.2. The lowest BCUT2D eigenvalue weighted by Crippen LogP contribution is -2.32. The number of hydrogen-bond acceptors (Lipinski definition) is 3. The van der Waals surface area contributed by atoms with E-state index in [4.69, 9.17) is 0 Å². The van der Waals surface area contributed by atoms with E-state index in [1.807, 2.05) is 31.2 Å². The molecule has 1 aliphatic heterocycles. The van der Waals surface area contributed by atoms with Crippen molar-refractivity contribution in [2.75, 3.05) is 10.2 Å². The Morgan fingerprint density at radius 1 is 1.04 bits per heavy atom. The second-order valence-electron chi connectivity index (χ2n) is 5.97. The number of pyridine rings is 1. The number of halogens is 1. The normalized spacial score (nSPS) is 16.0. The zero-order valence-electron chi connectivity index (χ0n) is 13.6. The summed E-state index contributed by atoms with van der Waals surface area (Å²) in [6, 6.07) is 17.5. The fourth-order valence-electron chi connectivity index (χ4n) is 3.02. The molecule has 0 saturated heterocycles. The van der Waals surface area contributed by atoms with E-state index in [0.29, 0.717) is 16.9 Å². The molecule has 1 amide bonds. The van der Waals surface area contributed by atoms with Crippen molar-refractivity contribution in [3.63, 3.8) is 0 Å². The summed E-state index contributed by atoms with van der Waals surface area (Å²) in [6.07, 6.45) is 1.07. The number of nitrogens with one attached hydrogen (secondary N) is 1. The molecule has 2 heterocycles. The first kappa shape index (κ1) is 15.3. The van der Waals surface area contributed by atoms with Crippen molar-refractivity contribution >= 4 is 17.3 Å². The number of carbonyl (C=O) groups excluding carboxylic acids is 1.